The number of hydrogen-bond acceptors (Lipinski definition) is 4. The van der Waals surface area contributed by atoms with Crippen molar-refractivity contribution in [2.45, 2.75) is 37.4 Å². The molecule has 4 aliphatic rings. The van der Waals surface area contributed by atoms with Crippen molar-refractivity contribution in [2.24, 2.45) is 5.92 Å². The molecule has 2 saturated heterocycles. The molecule has 27 heavy (non-hydrogen) atoms. The third-order valence-electron chi connectivity index (χ3n) is 6.70. The van der Waals surface area contributed by atoms with Crippen LogP contribution in [0.15, 0.2) is 48.5 Å². The summed E-state index contributed by atoms with van der Waals surface area (Å²) in [5, 5.41) is 4.41. The summed E-state index contributed by atoms with van der Waals surface area (Å²) >= 11 is 0. The van der Waals surface area contributed by atoms with Crippen LogP contribution in [-0.2, 0) is 30.9 Å². The molecular weight excluding hydrogens is 340 g/mol. The van der Waals surface area contributed by atoms with Crippen molar-refractivity contribution >= 4 is 33.5 Å². The number of ether oxygens (including phenoxy) is 2. The minimum atomic E-state index is -0.969. The van der Waals surface area contributed by atoms with E-state index in [9.17, 15) is 9.59 Å². The molecule has 3 aromatic carbocycles. The van der Waals surface area contributed by atoms with E-state index in [-0.39, 0.29) is 18.0 Å². The van der Waals surface area contributed by atoms with E-state index >= 15 is 0 Å². The van der Waals surface area contributed by atoms with Crippen LogP contribution in [0.4, 0.5) is 0 Å². The van der Waals surface area contributed by atoms with Crippen LogP contribution < -0.4 is 0 Å². The van der Waals surface area contributed by atoms with Gasteiger partial charge in [0, 0.05) is 0 Å². The van der Waals surface area contributed by atoms with E-state index in [2.05, 4.69) is 24.3 Å². The van der Waals surface area contributed by atoms with Crippen LogP contribution in [0.3, 0.4) is 0 Å². The highest BCUT2D eigenvalue weighted by Crippen LogP contribution is 2.57. The largest absolute Gasteiger partial charge is 0.458 e. The second-order valence-corrected chi connectivity index (χ2v) is 7.82. The Balaban J connectivity index is 1.74. The normalized spacial score (nSPS) is 30.9. The van der Waals surface area contributed by atoms with Crippen molar-refractivity contribution in [3.05, 3.63) is 59.7 Å². The monoisotopic (exact) mass is 358 g/mol. The van der Waals surface area contributed by atoms with Crippen LogP contribution in [0.2, 0.25) is 0 Å². The molecule has 4 nitrogen and oxygen atoms in total. The van der Waals surface area contributed by atoms with E-state index in [4.69, 9.17) is 9.47 Å². The van der Waals surface area contributed by atoms with Crippen molar-refractivity contribution in [3.63, 3.8) is 0 Å². The minimum Gasteiger partial charge on any atom is -0.458 e. The summed E-state index contributed by atoms with van der Waals surface area (Å²) < 4.78 is 11.4. The zero-order chi connectivity index (χ0) is 18.3. The minimum absolute atomic E-state index is 0.274. The zero-order valence-corrected chi connectivity index (χ0v) is 14.9. The summed E-state index contributed by atoms with van der Waals surface area (Å²) in [6.07, 6.45) is 0.321. The number of carbonyl (C=O) groups excluding carboxylic acids is 2. The van der Waals surface area contributed by atoms with Crippen LogP contribution in [0.1, 0.15) is 24.5 Å². The van der Waals surface area contributed by atoms with Gasteiger partial charge < -0.3 is 9.47 Å². The highest BCUT2D eigenvalue weighted by atomic mass is 16.6. The van der Waals surface area contributed by atoms with E-state index < -0.39 is 17.4 Å². The lowest BCUT2D eigenvalue weighted by atomic mass is 9.59. The fourth-order valence-corrected chi connectivity index (χ4v) is 5.63. The van der Waals surface area contributed by atoms with Gasteiger partial charge in [-0.25, -0.2) is 0 Å². The Morgan fingerprint density at radius 2 is 1.52 bits per heavy atom. The average Bonchev–Trinajstić information content (AvgIpc) is 3.17. The van der Waals surface area contributed by atoms with Gasteiger partial charge in [0.2, 0.25) is 0 Å². The molecular formula is C23H18O4. The second-order valence-electron chi connectivity index (χ2n) is 7.82. The third-order valence-corrected chi connectivity index (χ3v) is 6.70. The van der Waals surface area contributed by atoms with Crippen LogP contribution in [0, 0.1) is 5.92 Å². The molecule has 1 spiro atoms. The van der Waals surface area contributed by atoms with Gasteiger partial charge in [-0.05, 0) is 45.5 Å². The molecule has 2 heterocycles. The topological polar surface area (TPSA) is 52.6 Å². The number of cyclic esters (lactones) is 1. The number of benzene rings is 3. The Labute approximate surface area is 156 Å². The zero-order valence-electron chi connectivity index (χ0n) is 14.9. The maximum Gasteiger partial charge on any atom is 0.318 e. The molecule has 0 amide bonds. The quantitative estimate of drug-likeness (QED) is 0.492. The number of esters is 2. The van der Waals surface area contributed by atoms with Crippen molar-refractivity contribution in [1.29, 1.82) is 0 Å². The summed E-state index contributed by atoms with van der Waals surface area (Å²) in [4.78, 5) is 26.2. The predicted octanol–water partition coefficient (Wildman–Crippen LogP) is 3.66. The summed E-state index contributed by atoms with van der Waals surface area (Å²) in [6, 6.07) is 16.3. The molecule has 4 atom stereocenters. The third kappa shape index (κ3) is 1.61. The van der Waals surface area contributed by atoms with E-state index in [1.165, 1.54) is 0 Å². The Hall–Kier alpha value is -2.88. The first-order chi connectivity index (χ1) is 13.2. The molecule has 0 radical (unpaired) electrons. The van der Waals surface area contributed by atoms with Gasteiger partial charge in [-0.2, -0.15) is 0 Å². The average molecular weight is 358 g/mol. The lowest BCUT2D eigenvalue weighted by Crippen LogP contribution is -2.46. The summed E-state index contributed by atoms with van der Waals surface area (Å²) in [5.74, 6) is -1.14. The molecule has 0 unspecified atom stereocenters. The van der Waals surface area contributed by atoms with Gasteiger partial charge in [0.25, 0.3) is 0 Å². The first kappa shape index (κ1) is 15.2. The van der Waals surface area contributed by atoms with E-state index in [0.29, 0.717) is 12.8 Å². The van der Waals surface area contributed by atoms with Crippen molar-refractivity contribution in [1.82, 2.24) is 0 Å². The fraction of sp³-hybridized carbons (Fsp3) is 0.304. The van der Waals surface area contributed by atoms with E-state index in [0.717, 1.165) is 32.7 Å². The highest BCUT2D eigenvalue weighted by Gasteiger charge is 2.69. The first-order valence-corrected chi connectivity index (χ1v) is 9.51. The van der Waals surface area contributed by atoms with Gasteiger partial charge in [-0.3, -0.25) is 9.59 Å². The molecule has 4 heteroatoms. The first-order valence-electron chi connectivity index (χ1n) is 9.51. The molecule has 2 aliphatic carbocycles. The van der Waals surface area contributed by atoms with E-state index in [1.807, 2.05) is 31.2 Å². The fourth-order valence-electron chi connectivity index (χ4n) is 5.63. The standard InChI is InChI=1S/C23H18O4/c1-2-17-20-19(21(24)26-17)23(22(25)27-20)11-16-12-7-3-5-9-14(12)18(23)15-10-6-4-8-13(15)16/h3-10,17,19-20H,2,11H2,1H3/t17-,19+,20+,23+/m1/s1. The molecule has 7 rings (SSSR count). The molecule has 2 bridgehead atoms. The Morgan fingerprint density at radius 3 is 2.11 bits per heavy atom. The van der Waals surface area contributed by atoms with Crippen molar-refractivity contribution in [2.75, 3.05) is 0 Å². The van der Waals surface area contributed by atoms with Gasteiger partial charge in [-0.15, -0.1) is 0 Å². The SMILES string of the molecule is CC[C@H]1OC(=O)[C@@H]2[C@H]1OC(=O)[C@]21Cc2c3ccccc3c1c1ccccc21. The number of fused-ring (bicyclic) bond motifs is 1. The molecule has 0 N–H and O–H groups in total. The maximum absolute atomic E-state index is 13.3. The summed E-state index contributed by atoms with van der Waals surface area (Å²) in [7, 11) is 0. The summed E-state index contributed by atoms with van der Waals surface area (Å²) in [6.45, 7) is 1.96. The van der Waals surface area contributed by atoms with Gasteiger partial charge in [0.1, 0.15) is 17.4 Å². The van der Waals surface area contributed by atoms with Crippen LogP contribution in [-0.4, -0.2) is 24.1 Å². The molecule has 3 aromatic rings. The summed E-state index contributed by atoms with van der Waals surface area (Å²) in [5.41, 5.74) is 1.10. The van der Waals surface area contributed by atoms with Crippen molar-refractivity contribution < 1.29 is 19.1 Å². The van der Waals surface area contributed by atoms with Crippen LogP contribution >= 0.6 is 0 Å². The Bertz CT molecular complexity index is 1110. The maximum atomic E-state index is 13.3. The van der Waals surface area contributed by atoms with Crippen molar-refractivity contribution in [3.8, 4) is 0 Å². The number of carbonyl (C=O) groups is 2. The smallest absolute Gasteiger partial charge is 0.318 e. The molecule has 2 aliphatic heterocycles. The molecule has 2 fully saturated rings. The van der Waals surface area contributed by atoms with Gasteiger partial charge >= 0.3 is 11.9 Å². The second kappa shape index (κ2) is 4.89. The lowest BCUT2D eigenvalue weighted by Gasteiger charge is -2.38. The lowest BCUT2D eigenvalue weighted by molar-refractivity contribution is -0.156. The van der Waals surface area contributed by atoms with Gasteiger partial charge in [0.15, 0.2) is 6.10 Å². The highest BCUT2D eigenvalue weighted by molar-refractivity contribution is 6.14. The van der Waals surface area contributed by atoms with Crippen LogP contribution in [0.5, 0.6) is 0 Å². The molecule has 0 aromatic heterocycles. The Morgan fingerprint density at radius 1 is 0.926 bits per heavy atom. The molecule has 0 saturated carbocycles. The molecule has 134 valence electrons. The predicted molar refractivity (Wildman–Crippen MR) is 100 cm³/mol. The van der Waals surface area contributed by atoms with E-state index in [1.54, 1.807) is 0 Å². The number of rotatable bonds is 1. The van der Waals surface area contributed by atoms with Gasteiger partial charge in [0.05, 0.1) is 0 Å². The van der Waals surface area contributed by atoms with Gasteiger partial charge in [-0.1, -0.05) is 55.5 Å². The Kier molecular flexibility index (Phi) is 2.75. The van der Waals surface area contributed by atoms with Crippen LogP contribution in [0.25, 0.3) is 21.5 Å². The number of hydrogen-bond donors (Lipinski definition) is 0.